The van der Waals surface area contributed by atoms with E-state index in [1.54, 1.807) is 24.3 Å². The average Bonchev–Trinajstić information content (AvgIpc) is 2.78. The van der Waals surface area contributed by atoms with E-state index >= 15 is 0 Å². The summed E-state index contributed by atoms with van der Waals surface area (Å²) in [5.74, 6) is 0. The highest BCUT2D eigenvalue weighted by molar-refractivity contribution is 7.92. The SMILES string of the molecule is NC1c2ccccc2CC1S(=O)(=O)c1ccccc1. The highest BCUT2D eigenvalue weighted by atomic mass is 32.2. The lowest BCUT2D eigenvalue weighted by molar-refractivity contribution is 0.565. The van der Waals surface area contributed by atoms with Crippen LogP contribution in [-0.2, 0) is 16.3 Å². The lowest BCUT2D eigenvalue weighted by atomic mass is 10.1. The first kappa shape index (κ1) is 12.4. The fraction of sp³-hybridized carbons (Fsp3) is 0.200. The zero-order valence-corrected chi connectivity index (χ0v) is 11.2. The molecule has 3 nitrogen and oxygen atoms in total. The second-order valence-corrected chi connectivity index (χ2v) is 6.99. The van der Waals surface area contributed by atoms with Crippen molar-refractivity contribution in [2.24, 2.45) is 5.73 Å². The van der Waals surface area contributed by atoms with Crippen LogP contribution in [0.15, 0.2) is 59.5 Å². The number of hydrogen-bond acceptors (Lipinski definition) is 3. The lowest BCUT2D eigenvalue weighted by Gasteiger charge is -2.16. The quantitative estimate of drug-likeness (QED) is 0.911. The van der Waals surface area contributed by atoms with E-state index in [1.807, 2.05) is 30.3 Å². The molecule has 2 aromatic rings. The summed E-state index contributed by atoms with van der Waals surface area (Å²) < 4.78 is 25.3. The molecule has 0 heterocycles. The predicted molar refractivity (Wildman–Crippen MR) is 74.5 cm³/mol. The van der Waals surface area contributed by atoms with Gasteiger partial charge in [-0.2, -0.15) is 0 Å². The molecule has 2 aromatic carbocycles. The molecule has 0 spiro atoms. The van der Waals surface area contributed by atoms with Crippen LogP contribution in [0, 0.1) is 0 Å². The van der Waals surface area contributed by atoms with Crippen molar-refractivity contribution in [2.75, 3.05) is 0 Å². The summed E-state index contributed by atoms with van der Waals surface area (Å²) in [5.41, 5.74) is 8.13. The molecule has 2 N–H and O–H groups in total. The van der Waals surface area contributed by atoms with Crippen LogP contribution in [0.5, 0.6) is 0 Å². The minimum atomic E-state index is -3.38. The van der Waals surface area contributed by atoms with Crippen molar-refractivity contribution < 1.29 is 8.42 Å². The van der Waals surface area contributed by atoms with Gasteiger partial charge in [-0.1, -0.05) is 42.5 Å². The molecule has 4 heteroatoms. The van der Waals surface area contributed by atoms with Crippen molar-refractivity contribution in [1.29, 1.82) is 0 Å². The molecule has 0 aliphatic heterocycles. The number of sulfone groups is 1. The van der Waals surface area contributed by atoms with E-state index < -0.39 is 21.1 Å². The van der Waals surface area contributed by atoms with Gasteiger partial charge in [-0.3, -0.25) is 0 Å². The van der Waals surface area contributed by atoms with Crippen molar-refractivity contribution in [3.8, 4) is 0 Å². The number of nitrogens with two attached hydrogens (primary N) is 1. The zero-order chi connectivity index (χ0) is 13.5. The van der Waals surface area contributed by atoms with Crippen LogP contribution in [0.1, 0.15) is 17.2 Å². The average molecular weight is 273 g/mol. The molecule has 1 aliphatic carbocycles. The standard InChI is InChI=1S/C15H15NO2S/c16-15-13-9-5-4-6-11(13)10-14(15)19(17,18)12-7-2-1-3-8-12/h1-9,14-15H,10,16H2. The molecule has 0 saturated carbocycles. The van der Waals surface area contributed by atoms with Gasteiger partial charge in [0.1, 0.15) is 0 Å². The summed E-state index contributed by atoms with van der Waals surface area (Å²) in [4.78, 5) is 0.350. The van der Waals surface area contributed by atoms with Crippen molar-refractivity contribution in [3.63, 3.8) is 0 Å². The van der Waals surface area contributed by atoms with Crippen molar-refractivity contribution >= 4 is 9.84 Å². The first-order valence-corrected chi connectivity index (χ1v) is 7.77. The van der Waals surface area contributed by atoms with E-state index in [2.05, 4.69) is 0 Å². The van der Waals surface area contributed by atoms with Gasteiger partial charge >= 0.3 is 0 Å². The minimum absolute atomic E-state index is 0.350. The second-order valence-electron chi connectivity index (χ2n) is 4.83. The topological polar surface area (TPSA) is 60.2 Å². The third-order valence-corrected chi connectivity index (χ3v) is 5.89. The summed E-state index contributed by atoms with van der Waals surface area (Å²) in [6, 6.07) is 15.8. The van der Waals surface area contributed by atoms with E-state index in [0.717, 1.165) is 11.1 Å². The summed E-state index contributed by atoms with van der Waals surface area (Å²) in [5, 5.41) is -0.563. The fourth-order valence-electron chi connectivity index (χ4n) is 2.68. The van der Waals surface area contributed by atoms with Gasteiger partial charge in [0.15, 0.2) is 9.84 Å². The molecule has 0 aromatic heterocycles. The molecule has 2 atom stereocenters. The van der Waals surface area contributed by atoms with Gasteiger partial charge in [0, 0.05) is 6.04 Å². The number of benzene rings is 2. The summed E-state index contributed by atoms with van der Waals surface area (Å²) in [7, 11) is -3.38. The third kappa shape index (κ3) is 1.97. The minimum Gasteiger partial charge on any atom is -0.323 e. The Hall–Kier alpha value is -1.65. The number of hydrogen-bond donors (Lipinski definition) is 1. The molecular weight excluding hydrogens is 258 g/mol. The predicted octanol–water partition coefficient (Wildman–Crippen LogP) is 2.08. The van der Waals surface area contributed by atoms with E-state index in [1.165, 1.54) is 0 Å². The van der Waals surface area contributed by atoms with Gasteiger partial charge < -0.3 is 5.73 Å². The van der Waals surface area contributed by atoms with Crippen molar-refractivity contribution in [1.82, 2.24) is 0 Å². The Bertz CT molecular complexity index is 695. The Morgan fingerprint density at radius 3 is 2.26 bits per heavy atom. The van der Waals surface area contributed by atoms with Crippen LogP contribution in [0.3, 0.4) is 0 Å². The van der Waals surface area contributed by atoms with Gasteiger partial charge in [-0.05, 0) is 29.7 Å². The maximum atomic E-state index is 12.6. The largest absolute Gasteiger partial charge is 0.323 e. The monoisotopic (exact) mass is 273 g/mol. The zero-order valence-electron chi connectivity index (χ0n) is 10.4. The van der Waals surface area contributed by atoms with E-state index in [9.17, 15) is 8.42 Å². The van der Waals surface area contributed by atoms with Crippen molar-refractivity contribution in [2.45, 2.75) is 22.6 Å². The Morgan fingerprint density at radius 2 is 1.58 bits per heavy atom. The van der Waals surface area contributed by atoms with Gasteiger partial charge in [0.2, 0.25) is 0 Å². The van der Waals surface area contributed by atoms with Gasteiger partial charge in [0.05, 0.1) is 10.1 Å². The van der Waals surface area contributed by atoms with E-state index in [4.69, 9.17) is 5.73 Å². The maximum Gasteiger partial charge on any atom is 0.183 e. The molecular formula is C15H15NO2S. The first-order valence-electron chi connectivity index (χ1n) is 6.23. The molecule has 1 aliphatic rings. The van der Waals surface area contributed by atoms with Crippen LogP contribution in [0.25, 0.3) is 0 Å². The summed E-state index contributed by atoms with van der Waals surface area (Å²) in [6.45, 7) is 0. The Kier molecular flexibility index (Phi) is 2.92. The molecule has 0 radical (unpaired) electrons. The summed E-state index contributed by atoms with van der Waals surface area (Å²) in [6.07, 6.45) is 0.495. The van der Waals surface area contributed by atoms with Crippen LogP contribution in [0.2, 0.25) is 0 Å². The highest BCUT2D eigenvalue weighted by Crippen LogP contribution is 2.36. The first-order chi connectivity index (χ1) is 9.10. The van der Waals surface area contributed by atoms with Gasteiger partial charge in [0.25, 0.3) is 0 Å². The molecule has 0 saturated heterocycles. The lowest BCUT2D eigenvalue weighted by Crippen LogP contribution is -2.30. The smallest absolute Gasteiger partial charge is 0.183 e. The van der Waals surface area contributed by atoms with Crippen molar-refractivity contribution in [3.05, 3.63) is 65.7 Å². The molecule has 2 unspecified atom stereocenters. The second kappa shape index (κ2) is 4.47. The number of rotatable bonds is 2. The van der Waals surface area contributed by atoms with Gasteiger partial charge in [-0.15, -0.1) is 0 Å². The molecule has 98 valence electrons. The molecule has 3 rings (SSSR count). The van der Waals surface area contributed by atoms with Crippen LogP contribution in [-0.4, -0.2) is 13.7 Å². The Labute approximate surface area is 113 Å². The van der Waals surface area contributed by atoms with Crippen LogP contribution in [0.4, 0.5) is 0 Å². The van der Waals surface area contributed by atoms with Crippen LogP contribution < -0.4 is 5.73 Å². The Morgan fingerprint density at radius 1 is 0.947 bits per heavy atom. The Balaban J connectivity index is 2.02. The van der Waals surface area contributed by atoms with E-state index in [0.29, 0.717) is 11.3 Å². The molecule has 0 fully saturated rings. The van der Waals surface area contributed by atoms with Crippen LogP contribution >= 0.6 is 0 Å². The highest BCUT2D eigenvalue weighted by Gasteiger charge is 2.39. The maximum absolute atomic E-state index is 12.6. The molecule has 0 bridgehead atoms. The molecule has 19 heavy (non-hydrogen) atoms. The van der Waals surface area contributed by atoms with Gasteiger partial charge in [-0.25, -0.2) is 8.42 Å². The number of fused-ring (bicyclic) bond motifs is 1. The summed E-state index contributed by atoms with van der Waals surface area (Å²) >= 11 is 0. The normalized spacial score (nSPS) is 22.2. The van der Waals surface area contributed by atoms with E-state index in [-0.39, 0.29) is 0 Å². The third-order valence-electron chi connectivity index (χ3n) is 3.71. The fourth-order valence-corrected chi connectivity index (χ4v) is 4.49. The molecule has 0 amide bonds.